The lowest BCUT2D eigenvalue weighted by Gasteiger charge is -2.40. The lowest BCUT2D eigenvalue weighted by Crippen LogP contribution is -2.60. The number of nitrogens with one attached hydrogen (secondary N) is 1. The van der Waals surface area contributed by atoms with Crippen LogP contribution in [-0.2, 0) is 14.3 Å². The summed E-state index contributed by atoms with van der Waals surface area (Å²) < 4.78 is 11.1. The molecule has 6 N–H and O–H groups in total. The first-order valence-corrected chi connectivity index (χ1v) is 22.7. The van der Waals surface area contributed by atoms with Crippen LogP contribution >= 0.6 is 0 Å². The average molecular weight is 836 g/mol. The van der Waals surface area contributed by atoms with Crippen molar-refractivity contribution in [3.05, 3.63) is 122 Å². The molecule has 0 aliphatic carbocycles. The van der Waals surface area contributed by atoms with E-state index in [-0.39, 0.29) is 12.5 Å². The first-order valence-electron chi connectivity index (χ1n) is 22.7. The summed E-state index contributed by atoms with van der Waals surface area (Å²) in [4.78, 5) is 12.8. The molecule has 60 heavy (non-hydrogen) atoms. The summed E-state index contributed by atoms with van der Waals surface area (Å²) in [6.45, 7) is 3.53. The second-order valence-corrected chi connectivity index (χ2v) is 15.1. The molecule has 1 fully saturated rings. The van der Waals surface area contributed by atoms with Crippen molar-refractivity contribution in [1.29, 1.82) is 0 Å². The molecule has 0 spiro atoms. The zero-order valence-corrected chi connectivity index (χ0v) is 36.9. The first kappa shape index (κ1) is 54.6. The van der Waals surface area contributed by atoms with Gasteiger partial charge >= 0.3 is 0 Å². The van der Waals surface area contributed by atoms with Gasteiger partial charge in [0.2, 0.25) is 5.91 Å². The minimum absolute atomic E-state index is 0.168. The maximum Gasteiger partial charge on any atom is 0.220 e. The van der Waals surface area contributed by atoms with Crippen LogP contribution in [0.25, 0.3) is 0 Å². The van der Waals surface area contributed by atoms with Gasteiger partial charge in [-0.3, -0.25) is 4.79 Å². The molecular formula is C51H81NO8. The number of rotatable bonds is 35. The van der Waals surface area contributed by atoms with Crippen molar-refractivity contribution in [1.82, 2.24) is 5.32 Å². The molecule has 7 unspecified atom stereocenters. The van der Waals surface area contributed by atoms with Crippen LogP contribution in [0.15, 0.2) is 122 Å². The predicted octanol–water partition coefficient (Wildman–Crippen LogP) is 9.66. The Morgan fingerprint density at radius 1 is 0.583 bits per heavy atom. The lowest BCUT2D eigenvalue weighted by atomic mass is 9.99. The number of carbonyl (C=O) groups excluding carboxylic acids is 1. The molecule has 1 rings (SSSR count). The molecule has 0 saturated carbocycles. The predicted molar refractivity (Wildman–Crippen MR) is 248 cm³/mol. The molecule has 1 amide bonds. The van der Waals surface area contributed by atoms with E-state index in [0.717, 1.165) is 103 Å². The number of allylic oxidation sites excluding steroid dienone is 20. The van der Waals surface area contributed by atoms with Gasteiger partial charge in [0.15, 0.2) is 6.29 Å². The van der Waals surface area contributed by atoms with E-state index in [1.807, 2.05) is 0 Å². The van der Waals surface area contributed by atoms with Crippen molar-refractivity contribution < 1.29 is 39.8 Å². The molecular weight excluding hydrogens is 755 g/mol. The van der Waals surface area contributed by atoms with Crippen LogP contribution in [-0.4, -0.2) is 87.5 Å². The van der Waals surface area contributed by atoms with Gasteiger partial charge < -0.3 is 40.3 Å². The van der Waals surface area contributed by atoms with Crippen LogP contribution in [0.2, 0.25) is 0 Å². The number of aliphatic hydroxyl groups excluding tert-OH is 5. The Bertz CT molecular complexity index is 1340. The zero-order chi connectivity index (χ0) is 43.7. The number of carbonyl (C=O) groups is 1. The largest absolute Gasteiger partial charge is 0.394 e. The number of hydrogen-bond acceptors (Lipinski definition) is 8. The van der Waals surface area contributed by atoms with Crippen molar-refractivity contribution in [2.45, 2.75) is 179 Å². The van der Waals surface area contributed by atoms with E-state index in [4.69, 9.17) is 9.47 Å². The molecule has 338 valence electrons. The second kappa shape index (κ2) is 39.7. The summed E-state index contributed by atoms with van der Waals surface area (Å²) in [6, 6.07) is -0.747. The SMILES string of the molecule is CC/C=C\C/C=C\C/C=C\C/C=C\C/C=C\C/C=C\C/C=C\C/C=C\C/C=C\C/C=C\CCCCC(=O)NC(COC1OC(CO)C(O)C(O)C1O)C(O)CCCCCC. The topological polar surface area (TPSA) is 149 Å². The minimum atomic E-state index is -1.57. The third-order valence-electron chi connectivity index (χ3n) is 9.83. The normalized spacial score (nSPS) is 21.8. The van der Waals surface area contributed by atoms with Crippen molar-refractivity contribution in [3.8, 4) is 0 Å². The standard InChI is InChI=1S/C51H81NO8/c1-3-5-7-9-10-11-12-13-14-15-16-17-18-19-20-21-22-23-24-25-26-27-28-29-30-31-32-33-34-35-36-37-39-41-47(55)52-44(45(54)40-38-8-6-4-2)43-59-51-50(58)49(57)48(56)46(42-53)60-51/h5,7,10-11,13-14,16-17,19-20,22-23,25-26,28-29,31-32,34-35,44-46,48-51,53-54,56-58H,3-4,6,8-9,12,15,18,21,24,27,30,33,36-43H2,1-2H3,(H,52,55)/b7-5-,11-10-,14-13-,17-16-,20-19-,23-22-,26-25-,29-28-,32-31-,35-34-. The lowest BCUT2D eigenvalue weighted by molar-refractivity contribution is -0.302. The molecule has 9 heteroatoms. The zero-order valence-electron chi connectivity index (χ0n) is 36.9. The number of ether oxygens (including phenoxy) is 2. The fraction of sp³-hybridized carbons (Fsp3) is 0.588. The Balaban J connectivity index is 2.17. The quantitative estimate of drug-likeness (QED) is 0.0273. The van der Waals surface area contributed by atoms with Gasteiger partial charge in [-0.1, -0.05) is 161 Å². The van der Waals surface area contributed by atoms with Gasteiger partial charge in [0.25, 0.3) is 0 Å². The van der Waals surface area contributed by atoms with E-state index in [1.165, 1.54) is 0 Å². The Morgan fingerprint density at radius 2 is 1.03 bits per heavy atom. The van der Waals surface area contributed by atoms with Crippen LogP contribution in [0.4, 0.5) is 0 Å². The molecule has 0 aromatic carbocycles. The minimum Gasteiger partial charge on any atom is -0.394 e. The van der Waals surface area contributed by atoms with Gasteiger partial charge in [0, 0.05) is 6.42 Å². The van der Waals surface area contributed by atoms with Crippen LogP contribution in [0.5, 0.6) is 0 Å². The van der Waals surface area contributed by atoms with Crippen LogP contribution in [0, 0.1) is 0 Å². The summed E-state index contributed by atoms with van der Waals surface area (Å²) in [7, 11) is 0. The molecule has 1 aliphatic rings. The third-order valence-corrected chi connectivity index (χ3v) is 9.83. The third kappa shape index (κ3) is 29.8. The molecule has 1 saturated heterocycles. The fourth-order valence-electron chi connectivity index (χ4n) is 6.18. The van der Waals surface area contributed by atoms with Gasteiger partial charge in [-0.15, -0.1) is 0 Å². The molecule has 0 bridgehead atoms. The first-order chi connectivity index (χ1) is 29.3. The van der Waals surface area contributed by atoms with Crippen molar-refractivity contribution in [2.75, 3.05) is 13.2 Å². The molecule has 0 aromatic rings. The molecule has 1 aliphatic heterocycles. The van der Waals surface area contributed by atoms with Gasteiger partial charge in [0.05, 0.1) is 25.4 Å². The number of hydrogen-bond donors (Lipinski definition) is 6. The highest BCUT2D eigenvalue weighted by atomic mass is 16.7. The van der Waals surface area contributed by atoms with Crippen molar-refractivity contribution >= 4 is 5.91 Å². The van der Waals surface area contributed by atoms with Gasteiger partial charge in [-0.2, -0.15) is 0 Å². The summed E-state index contributed by atoms with van der Waals surface area (Å²) in [6.07, 6.45) is 52.9. The summed E-state index contributed by atoms with van der Waals surface area (Å²) in [5.74, 6) is -0.203. The van der Waals surface area contributed by atoms with Gasteiger partial charge in [-0.05, 0) is 89.9 Å². The van der Waals surface area contributed by atoms with E-state index in [2.05, 4.69) is 141 Å². The Morgan fingerprint density at radius 3 is 1.47 bits per heavy atom. The fourth-order valence-corrected chi connectivity index (χ4v) is 6.18. The Hall–Kier alpha value is -3.41. The van der Waals surface area contributed by atoms with E-state index in [0.29, 0.717) is 19.3 Å². The number of amides is 1. The van der Waals surface area contributed by atoms with E-state index in [9.17, 15) is 30.3 Å². The molecule has 0 radical (unpaired) electrons. The highest BCUT2D eigenvalue weighted by Crippen LogP contribution is 2.22. The van der Waals surface area contributed by atoms with Gasteiger partial charge in [-0.25, -0.2) is 0 Å². The van der Waals surface area contributed by atoms with E-state index < -0.39 is 49.5 Å². The summed E-state index contributed by atoms with van der Waals surface area (Å²) in [5, 5.41) is 53.6. The average Bonchev–Trinajstić information content (AvgIpc) is 3.25. The number of aliphatic hydroxyl groups is 5. The highest BCUT2D eigenvalue weighted by Gasteiger charge is 2.44. The highest BCUT2D eigenvalue weighted by molar-refractivity contribution is 5.76. The Labute approximate surface area is 363 Å². The van der Waals surface area contributed by atoms with E-state index >= 15 is 0 Å². The maximum absolute atomic E-state index is 12.8. The second-order valence-electron chi connectivity index (χ2n) is 15.1. The van der Waals surface area contributed by atoms with Crippen LogP contribution < -0.4 is 5.32 Å². The van der Waals surface area contributed by atoms with Crippen molar-refractivity contribution in [2.24, 2.45) is 0 Å². The smallest absolute Gasteiger partial charge is 0.220 e. The monoisotopic (exact) mass is 836 g/mol. The maximum atomic E-state index is 12.8. The molecule has 1 heterocycles. The van der Waals surface area contributed by atoms with E-state index in [1.54, 1.807) is 0 Å². The van der Waals surface area contributed by atoms with Gasteiger partial charge in [0.1, 0.15) is 24.4 Å². The van der Waals surface area contributed by atoms with Crippen molar-refractivity contribution in [3.63, 3.8) is 0 Å². The summed E-state index contributed by atoms with van der Waals surface area (Å²) in [5.41, 5.74) is 0. The number of unbranched alkanes of at least 4 members (excludes halogenated alkanes) is 5. The van der Waals surface area contributed by atoms with Crippen LogP contribution in [0.3, 0.4) is 0 Å². The van der Waals surface area contributed by atoms with Crippen LogP contribution in [0.1, 0.15) is 136 Å². The Kier molecular flexibility index (Phi) is 36.1. The molecule has 7 atom stereocenters. The molecule has 9 nitrogen and oxygen atoms in total. The summed E-state index contributed by atoms with van der Waals surface area (Å²) >= 11 is 0. The molecule has 0 aromatic heterocycles.